The molecule has 1 saturated heterocycles. The molecule has 8 nitrogen and oxygen atoms in total. The van der Waals surface area contributed by atoms with Crippen LogP contribution in [0.5, 0.6) is 11.5 Å². The number of nitrogens with one attached hydrogen (secondary N) is 1. The van der Waals surface area contributed by atoms with E-state index >= 15 is 0 Å². The van der Waals surface area contributed by atoms with Gasteiger partial charge in [0, 0.05) is 42.3 Å². The van der Waals surface area contributed by atoms with Gasteiger partial charge in [-0.25, -0.2) is 22.2 Å². The topological polar surface area (TPSA) is 101 Å². The minimum atomic E-state index is -4.85. The fraction of sp³-hybridized carbons (Fsp3) is 0.250. The first kappa shape index (κ1) is 24.8. The Morgan fingerprint density at radius 1 is 1.06 bits per heavy atom. The maximum Gasteiger partial charge on any atom is 0.416 e. The Kier molecular flexibility index (Phi) is 6.64. The fourth-order valence-electron chi connectivity index (χ4n) is 3.36. The number of amides is 1. The Morgan fingerprint density at radius 3 is 2.40 bits per heavy atom. The summed E-state index contributed by atoms with van der Waals surface area (Å²) in [5.74, 6) is -4.92. The van der Waals surface area contributed by atoms with Gasteiger partial charge >= 0.3 is 6.18 Å². The molecule has 0 atom stereocenters. The van der Waals surface area contributed by atoms with Crippen molar-refractivity contribution in [3.8, 4) is 11.5 Å². The second-order valence-electron chi connectivity index (χ2n) is 7.41. The van der Waals surface area contributed by atoms with Crippen molar-refractivity contribution < 1.29 is 39.9 Å². The minimum absolute atomic E-state index is 0.190. The summed E-state index contributed by atoms with van der Waals surface area (Å²) in [5.41, 5.74) is -1.56. The standard InChI is InChI=1S/C20H15F5N4O4S2/c21-14-9-17(35(31,32)28-19-26-10-27-34-19)15(22)8-16(14)33-13-6-11(5-12(7-13)20(23,24)25)18(30)29-3-1-2-4-29/h5-10H,1-4H2,(H,26,27,28). The van der Waals surface area contributed by atoms with Crippen LogP contribution >= 0.6 is 11.5 Å². The number of halogens is 5. The Hall–Kier alpha value is -3.33. The van der Waals surface area contributed by atoms with Crippen molar-refractivity contribution in [2.45, 2.75) is 23.9 Å². The molecule has 1 aliphatic rings. The molecule has 1 N–H and O–H groups in total. The molecule has 1 aliphatic heterocycles. The van der Waals surface area contributed by atoms with Gasteiger partial charge in [-0.05, 0) is 31.0 Å². The zero-order chi connectivity index (χ0) is 25.4. The van der Waals surface area contributed by atoms with E-state index in [4.69, 9.17) is 4.74 Å². The molecule has 0 unspecified atom stereocenters. The first-order valence-electron chi connectivity index (χ1n) is 9.92. The van der Waals surface area contributed by atoms with Gasteiger partial charge in [0.05, 0.1) is 5.56 Å². The van der Waals surface area contributed by atoms with Crippen molar-refractivity contribution >= 4 is 32.6 Å². The Morgan fingerprint density at radius 2 is 1.77 bits per heavy atom. The zero-order valence-electron chi connectivity index (χ0n) is 17.5. The van der Waals surface area contributed by atoms with E-state index in [1.54, 1.807) is 0 Å². The third-order valence-electron chi connectivity index (χ3n) is 4.96. The van der Waals surface area contributed by atoms with Crippen LogP contribution in [0.3, 0.4) is 0 Å². The average Bonchev–Trinajstić information content (AvgIpc) is 3.49. The zero-order valence-corrected chi connectivity index (χ0v) is 19.1. The van der Waals surface area contributed by atoms with Crippen LogP contribution in [0.25, 0.3) is 0 Å². The van der Waals surface area contributed by atoms with Crippen molar-refractivity contribution in [2.24, 2.45) is 0 Å². The summed E-state index contributed by atoms with van der Waals surface area (Å²) < 4.78 is 105. The molecular formula is C20H15F5N4O4S2. The Bertz CT molecular complexity index is 1360. The first-order valence-corrected chi connectivity index (χ1v) is 12.2. The molecule has 3 aromatic rings. The molecule has 1 amide bonds. The molecule has 2 heterocycles. The summed E-state index contributed by atoms with van der Waals surface area (Å²) in [6, 6.07) is 2.86. The highest BCUT2D eigenvalue weighted by molar-refractivity contribution is 7.93. The fourth-order valence-corrected chi connectivity index (χ4v) is 5.09. The Balaban J connectivity index is 1.67. The second kappa shape index (κ2) is 9.37. The van der Waals surface area contributed by atoms with Crippen LogP contribution in [0.2, 0.25) is 0 Å². The minimum Gasteiger partial charge on any atom is -0.454 e. The lowest BCUT2D eigenvalue weighted by Gasteiger charge is -2.18. The maximum absolute atomic E-state index is 14.7. The lowest BCUT2D eigenvalue weighted by molar-refractivity contribution is -0.137. The number of aromatic nitrogens is 2. The number of sulfonamides is 1. The van der Waals surface area contributed by atoms with Crippen LogP contribution in [-0.4, -0.2) is 41.7 Å². The summed E-state index contributed by atoms with van der Waals surface area (Å²) in [7, 11) is -4.59. The van der Waals surface area contributed by atoms with E-state index in [0.717, 1.165) is 12.4 Å². The number of hydrogen-bond acceptors (Lipinski definition) is 7. The molecule has 0 saturated carbocycles. The smallest absolute Gasteiger partial charge is 0.416 e. The van der Waals surface area contributed by atoms with Gasteiger partial charge in [-0.2, -0.15) is 17.5 Å². The number of anilines is 1. The number of likely N-dealkylation sites (tertiary alicyclic amines) is 1. The summed E-state index contributed by atoms with van der Waals surface area (Å²) >= 11 is 0.660. The molecule has 35 heavy (non-hydrogen) atoms. The van der Waals surface area contributed by atoms with Crippen molar-refractivity contribution in [3.63, 3.8) is 0 Å². The molecule has 1 fully saturated rings. The van der Waals surface area contributed by atoms with Crippen LogP contribution in [0, 0.1) is 11.6 Å². The first-order chi connectivity index (χ1) is 16.4. The highest BCUT2D eigenvalue weighted by Crippen LogP contribution is 2.36. The van der Waals surface area contributed by atoms with Gasteiger partial charge in [0.2, 0.25) is 5.13 Å². The van der Waals surface area contributed by atoms with Gasteiger partial charge in [0.15, 0.2) is 11.6 Å². The summed E-state index contributed by atoms with van der Waals surface area (Å²) in [5, 5.41) is -0.190. The van der Waals surface area contributed by atoms with Gasteiger partial charge in [-0.1, -0.05) is 0 Å². The van der Waals surface area contributed by atoms with E-state index in [9.17, 15) is 35.2 Å². The quantitative estimate of drug-likeness (QED) is 0.462. The van der Waals surface area contributed by atoms with Gasteiger partial charge < -0.3 is 9.64 Å². The monoisotopic (exact) mass is 534 g/mol. The molecule has 0 aliphatic carbocycles. The van der Waals surface area contributed by atoms with E-state index in [-0.39, 0.29) is 10.7 Å². The van der Waals surface area contributed by atoms with E-state index < -0.39 is 55.7 Å². The number of hydrogen-bond donors (Lipinski definition) is 1. The summed E-state index contributed by atoms with van der Waals surface area (Å²) in [4.78, 5) is 16.5. The third-order valence-corrected chi connectivity index (χ3v) is 7.02. The number of nitrogens with zero attached hydrogens (tertiary/aromatic N) is 3. The van der Waals surface area contributed by atoms with E-state index in [0.29, 0.717) is 61.7 Å². The van der Waals surface area contributed by atoms with Crippen molar-refractivity contribution in [1.82, 2.24) is 14.3 Å². The number of benzene rings is 2. The number of ether oxygens (including phenoxy) is 1. The molecule has 0 radical (unpaired) electrons. The molecule has 0 bridgehead atoms. The van der Waals surface area contributed by atoms with Gasteiger partial charge in [-0.15, -0.1) is 0 Å². The number of alkyl halides is 3. The van der Waals surface area contributed by atoms with Gasteiger partial charge in [0.25, 0.3) is 15.9 Å². The highest BCUT2D eigenvalue weighted by Gasteiger charge is 2.33. The van der Waals surface area contributed by atoms with E-state index in [1.165, 1.54) is 4.90 Å². The molecule has 15 heteroatoms. The van der Waals surface area contributed by atoms with Crippen molar-refractivity contribution in [2.75, 3.05) is 17.8 Å². The lowest BCUT2D eigenvalue weighted by atomic mass is 10.1. The summed E-state index contributed by atoms with van der Waals surface area (Å²) in [6.07, 6.45) is -2.38. The molecule has 0 spiro atoms. The van der Waals surface area contributed by atoms with E-state index in [2.05, 4.69) is 9.36 Å². The normalized spacial score (nSPS) is 14.3. The van der Waals surface area contributed by atoms with Gasteiger partial charge in [-0.3, -0.25) is 9.52 Å². The molecule has 1 aromatic heterocycles. The van der Waals surface area contributed by atoms with Crippen LogP contribution in [-0.2, 0) is 16.2 Å². The largest absolute Gasteiger partial charge is 0.454 e. The predicted octanol–water partition coefficient (Wildman–Crippen LogP) is 4.66. The van der Waals surface area contributed by atoms with Crippen molar-refractivity contribution in [3.05, 3.63) is 59.4 Å². The number of carbonyl (C=O) groups is 1. The second-order valence-corrected chi connectivity index (χ2v) is 9.84. The predicted molar refractivity (Wildman–Crippen MR) is 114 cm³/mol. The SMILES string of the molecule is O=C(c1cc(Oc2cc(F)c(S(=O)(=O)Nc3ncns3)cc2F)cc(C(F)(F)F)c1)N1CCCC1. The lowest BCUT2D eigenvalue weighted by Crippen LogP contribution is -2.27. The van der Waals surface area contributed by atoms with Crippen molar-refractivity contribution in [1.29, 1.82) is 0 Å². The molecule has 186 valence electrons. The third kappa shape index (κ3) is 5.51. The maximum atomic E-state index is 14.7. The van der Waals surface area contributed by atoms with Gasteiger partial charge in [0.1, 0.15) is 22.8 Å². The van der Waals surface area contributed by atoms with Crippen LogP contribution < -0.4 is 9.46 Å². The molecule has 4 rings (SSSR count). The molecule has 2 aromatic carbocycles. The average molecular weight is 534 g/mol. The van der Waals surface area contributed by atoms with Crippen LogP contribution in [0.1, 0.15) is 28.8 Å². The highest BCUT2D eigenvalue weighted by atomic mass is 32.2. The van der Waals surface area contributed by atoms with Crippen LogP contribution in [0.15, 0.2) is 41.6 Å². The van der Waals surface area contributed by atoms with E-state index in [1.807, 2.05) is 4.72 Å². The Labute approximate surface area is 199 Å². The number of rotatable bonds is 6. The number of carbonyl (C=O) groups excluding carboxylic acids is 1. The molecular weight excluding hydrogens is 519 g/mol. The summed E-state index contributed by atoms with van der Waals surface area (Å²) in [6.45, 7) is 0.762. The van der Waals surface area contributed by atoms with Crippen LogP contribution in [0.4, 0.5) is 27.1 Å².